The molecule has 2 atom stereocenters. The summed E-state index contributed by atoms with van der Waals surface area (Å²) in [5.74, 6) is 0. The lowest BCUT2D eigenvalue weighted by Crippen LogP contribution is -2.39. The molecule has 0 amide bonds. The van der Waals surface area contributed by atoms with E-state index in [4.69, 9.17) is 9.47 Å². The van der Waals surface area contributed by atoms with Gasteiger partial charge in [-0.15, -0.1) is 11.3 Å². The van der Waals surface area contributed by atoms with Crippen molar-refractivity contribution >= 4 is 11.3 Å². The van der Waals surface area contributed by atoms with Crippen molar-refractivity contribution in [3.63, 3.8) is 0 Å². The molecule has 0 bridgehead atoms. The van der Waals surface area contributed by atoms with Gasteiger partial charge in [0.1, 0.15) is 0 Å². The van der Waals surface area contributed by atoms with E-state index in [2.05, 4.69) is 22.4 Å². The summed E-state index contributed by atoms with van der Waals surface area (Å²) in [6.45, 7) is 5.03. The van der Waals surface area contributed by atoms with E-state index in [0.29, 0.717) is 12.2 Å². The number of thiophene rings is 1. The SMILES string of the molecule is c1csc(CN(CC2CCCCO2)CC2CCCO2)c1. The first-order chi connectivity index (χ1) is 9.90. The maximum Gasteiger partial charge on any atom is 0.0703 e. The first kappa shape index (κ1) is 14.5. The zero-order valence-electron chi connectivity index (χ0n) is 12.1. The normalized spacial score (nSPS) is 27.2. The Morgan fingerprint density at radius 2 is 1.80 bits per heavy atom. The van der Waals surface area contributed by atoms with Gasteiger partial charge in [-0.1, -0.05) is 6.07 Å². The molecule has 2 fully saturated rings. The Morgan fingerprint density at radius 1 is 1.05 bits per heavy atom. The molecular formula is C16H25NO2S. The third kappa shape index (κ3) is 4.29. The molecule has 0 N–H and O–H groups in total. The van der Waals surface area contributed by atoms with Crippen LogP contribution in [0.2, 0.25) is 0 Å². The van der Waals surface area contributed by atoms with Gasteiger partial charge in [0.2, 0.25) is 0 Å². The predicted octanol–water partition coefficient (Wildman–Crippen LogP) is 3.30. The van der Waals surface area contributed by atoms with E-state index in [9.17, 15) is 0 Å². The molecule has 3 rings (SSSR count). The molecule has 112 valence electrons. The van der Waals surface area contributed by atoms with Crippen LogP contribution in [0.4, 0.5) is 0 Å². The Hall–Kier alpha value is -0.420. The van der Waals surface area contributed by atoms with Crippen molar-refractivity contribution in [1.82, 2.24) is 4.90 Å². The van der Waals surface area contributed by atoms with Crippen LogP contribution in [0.25, 0.3) is 0 Å². The molecule has 0 saturated carbocycles. The van der Waals surface area contributed by atoms with Gasteiger partial charge in [-0.05, 0) is 43.6 Å². The Bertz CT molecular complexity index is 370. The van der Waals surface area contributed by atoms with Crippen LogP contribution >= 0.6 is 11.3 Å². The smallest absolute Gasteiger partial charge is 0.0703 e. The molecule has 20 heavy (non-hydrogen) atoms. The Kier molecular flexibility index (Phi) is 5.48. The fraction of sp³-hybridized carbons (Fsp3) is 0.750. The highest BCUT2D eigenvalue weighted by molar-refractivity contribution is 7.09. The summed E-state index contributed by atoms with van der Waals surface area (Å²) in [5.41, 5.74) is 0. The minimum Gasteiger partial charge on any atom is -0.377 e. The average Bonchev–Trinajstić information content (AvgIpc) is 3.13. The number of rotatable bonds is 6. The van der Waals surface area contributed by atoms with Gasteiger partial charge in [0, 0.05) is 37.7 Å². The van der Waals surface area contributed by atoms with E-state index >= 15 is 0 Å². The molecule has 2 aliphatic rings. The molecule has 0 spiro atoms. The van der Waals surface area contributed by atoms with Crippen LogP contribution in [-0.4, -0.2) is 43.4 Å². The molecule has 3 nitrogen and oxygen atoms in total. The summed E-state index contributed by atoms with van der Waals surface area (Å²) in [6.07, 6.45) is 7.05. The molecule has 0 aliphatic carbocycles. The third-order valence-corrected chi connectivity index (χ3v) is 5.04. The van der Waals surface area contributed by atoms with Gasteiger partial charge >= 0.3 is 0 Å². The molecule has 3 heterocycles. The molecule has 1 aromatic heterocycles. The zero-order chi connectivity index (χ0) is 13.6. The number of hydrogen-bond acceptors (Lipinski definition) is 4. The minimum atomic E-state index is 0.421. The highest BCUT2D eigenvalue weighted by Gasteiger charge is 2.23. The van der Waals surface area contributed by atoms with Gasteiger partial charge in [0.05, 0.1) is 12.2 Å². The summed E-state index contributed by atoms with van der Waals surface area (Å²) in [4.78, 5) is 3.98. The maximum atomic E-state index is 5.91. The van der Waals surface area contributed by atoms with Gasteiger partial charge in [-0.2, -0.15) is 0 Å². The average molecular weight is 295 g/mol. The monoisotopic (exact) mass is 295 g/mol. The summed E-state index contributed by atoms with van der Waals surface area (Å²) in [5, 5.41) is 2.16. The second kappa shape index (κ2) is 7.55. The third-order valence-electron chi connectivity index (χ3n) is 4.18. The number of hydrogen-bond donors (Lipinski definition) is 0. The maximum absolute atomic E-state index is 5.91. The van der Waals surface area contributed by atoms with Crippen molar-refractivity contribution in [1.29, 1.82) is 0 Å². The summed E-state index contributed by atoms with van der Waals surface area (Å²) in [6, 6.07) is 4.37. The van der Waals surface area contributed by atoms with Crippen molar-refractivity contribution in [3.05, 3.63) is 22.4 Å². The van der Waals surface area contributed by atoms with Gasteiger partial charge in [0.15, 0.2) is 0 Å². The van der Waals surface area contributed by atoms with E-state index in [-0.39, 0.29) is 0 Å². The molecule has 2 saturated heterocycles. The Morgan fingerprint density at radius 3 is 2.40 bits per heavy atom. The van der Waals surface area contributed by atoms with E-state index < -0.39 is 0 Å². The van der Waals surface area contributed by atoms with Crippen molar-refractivity contribution in [2.45, 2.75) is 50.9 Å². The van der Waals surface area contributed by atoms with Crippen molar-refractivity contribution < 1.29 is 9.47 Å². The lowest BCUT2D eigenvalue weighted by Gasteiger charge is -2.31. The Balaban J connectivity index is 1.56. The lowest BCUT2D eigenvalue weighted by molar-refractivity contribution is -0.0173. The van der Waals surface area contributed by atoms with Crippen LogP contribution in [0.1, 0.15) is 37.0 Å². The van der Waals surface area contributed by atoms with Gasteiger partial charge in [-0.25, -0.2) is 0 Å². The standard InChI is InChI=1S/C16H25NO2S/c1-2-8-18-14(5-1)11-17(12-15-6-3-9-19-15)13-16-7-4-10-20-16/h4,7,10,14-15H,1-3,5-6,8-9,11-13H2. The van der Waals surface area contributed by atoms with E-state index in [0.717, 1.165) is 32.8 Å². The topological polar surface area (TPSA) is 21.7 Å². The molecular weight excluding hydrogens is 270 g/mol. The number of nitrogens with zero attached hydrogens (tertiary/aromatic N) is 1. The van der Waals surface area contributed by atoms with E-state index in [1.807, 2.05) is 11.3 Å². The van der Waals surface area contributed by atoms with Crippen LogP contribution in [-0.2, 0) is 16.0 Å². The molecule has 2 unspecified atom stereocenters. The quantitative estimate of drug-likeness (QED) is 0.804. The zero-order valence-corrected chi connectivity index (χ0v) is 12.9. The number of ether oxygens (including phenoxy) is 2. The second-order valence-corrected chi connectivity index (χ2v) is 6.93. The van der Waals surface area contributed by atoms with Crippen molar-refractivity contribution in [2.75, 3.05) is 26.3 Å². The fourth-order valence-corrected chi connectivity index (χ4v) is 3.89. The van der Waals surface area contributed by atoms with E-state index in [1.54, 1.807) is 0 Å². The van der Waals surface area contributed by atoms with Gasteiger partial charge in [0.25, 0.3) is 0 Å². The largest absolute Gasteiger partial charge is 0.377 e. The van der Waals surface area contributed by atoms with E-state index in [1.165, 1.54) is 37.0 Å². The first-order valence-electron chi connectivity index (χ1n) is 7.88. The van der Waals surface area contributed by atoms with Crippen molar-refractivity contribution in [3.8, 4) is 0 Å². The first-order valence-corrected chi connectivity index (χ1v) is 8.76. The van der Waals surface area contributed by atoms with Crippen LogP contribution in [0.15, 0.2) is 17.5 Å². The highest BCUT2D eigenvalue weighted by atomic mass is 32.1. The van der Waals surface area contributed by atoms with Gasteiger partial charge < -0.3 is 9.47 Å². The predicted molar refractivity (Wildman–Crippen MR) is 82.2 cm³/mol. The lowest BCUT2D eigenvalue weighted by atomic mass is 10.1. The Labute approximate surface area is 125 Å². The summed E-state index contributed by atoms with van der Waals surface area (Å²) in [7, 11) is 0. The second-order valence-electron chi connectivity index (χ2n) is 5.90. The van der Waals surface area contributed by atoms with Gasteiger partial charge in [-0.3, -0.25) is 4.90 Å². The van der Waals surface area contributed by atoms with Crippen LogP contribution in [0.3, 0.4) is 0 Å². The molecule has 1 aromatic rings. The summed E-state index contributed by atoms with van der Waals surface area (Å²) < 4.78 is 11.7. The van der Waals surface area contributed by atoms with Crippen molar-refractivity contribution in [2.24, 2.45) is 0 Å². The highest BCUT2D eigenvalue weighted by Crippen LogP contribution is 2.20. The molecule has 0 radical (unpaired) electrons. The summed E-state index contributed by atoms with van der Waals surface area (Å²) >= 11 is 1.85. The minimum absolute atomic E-state index is 0.421. The molecule has 4 heteroatoms. The molecule has 0 aromatic carbocycles. The van der Waals surface area contributed by atoms with Crippen LogP contribution < -0.4 is 0 Å². The fourth-order valence-electron chi connectivity index (χ4n) is 3.14. The molecule has 2 aliphatic heterocycles. The van der Waals surface area contributed by atoms with Crippen LogP contribution in [0, 0.1) is 0 Å². The van der Waals surface area contributed by atoms with Crippen LogP contribution in [0.5, 0.6) is 0 Å².